The van der Waals surface area contributed by atoms with E-state index in [-0.39, 0.29) is 12.0 Å². The van der Waals surface area contributed by atoms with Crippen LogP contribution in [0.3, 0.4) is 0 Å². The standard InChI is InChI=1S/C16H20N4O2/c21-16(9-8-14-7-4-10-22-14)17-11-15-19-18-12-20(15)13-5-2-1-3-6-13/h1-3,5-6,12,14H,4,7-11H2,(H,17,21). The molecule has 2 heterocycles. The van der Waals surface area contributed by atoms with Crippen molar-refractivity contribution in [2.45, 2.75) is 38.3 Å². The van der Waals surface area contributed by atoms with Crippen LogP contribution in [0.4, 0.5) is 0 Å². The summed E-state index contributed by atoms with van der Waals surface area (Å²) in [5, 5.41) is 10.9. The van der Waals surface area contributed by atoms with Crippen LogP contribution in [0.25, 0.3) is 5.69 Å². The smallest absolute Gasteiger partial charge is 0.220 e. The largest absolute Gasteiger partial charge is 0.378 e. The van der Waals surface area contributed by atoms with E-state index in [1.807, 2.05) is 34.9 Å². The molecule has 1 amide bonds. The van der Waals surface area contributed by atoms with Gasteiger partial charge in [0.1, 0.15) is 6.33 Å². The maximum absolute atomic E-state index is 11.9. The first-order chi connectivity index (χ1) is 10.8. The monoisotopic (exact) mass is 300 g/mol. The van der Waals surface area contributed by atoms with Crippen LogP contribution in [0.2, 0.25) is 0 Å². The van der Waals surface area contributed by atoms with Gasteiger partial charge in [0.25, 0.3) is 0 Å². The maximum atomic E-state index is 11.9. The van der Waals surface area contributed by atoms with Crippen LogP contribution in [0.15, 0.2) is 36.7 Å². The van der Waals surface area contributed by atoms with E-state index < -0.39 is 0 Å². The Morgan fingerprint density at radius 2 is 2.23 bits per heavy atom. The summed E-state index contributed by atoms with van der Waals surface area (Å²) in [6.07, 6.45) is 5.35. The molecule has 0 radical (unpaired) electrons. The SMILES string of the molecule is O=C(CCC1CCCO1)NCc1nncn1-c1ccccc1. The molecule has 1 aromatic carbocycles. The van der Waals surface area contributed by atoms with Crippen LogP contribution in [0.1, 0.15) is 31.5 Å². The molecule has 0 aliphatic carbocycles. The highest BCUT2D eigenvalue weighted by atomic mass is 16.5. The molecular weight excluding hydrogens is 280 g/mol. The lowest BCUT2D eigenvalue weighted by atomic mass is 10.1. The van der Waals surface area contributed by atoms with E-state index in [1.165, 1.54) is 0 Å². The Labute approximate surface area is 129 Å². The third kappa shape index (κ3) is 3.71. The average molecular weight is 300 g/mol. The first-order valence-corrected chi connectivity index (χ1v) is 7.65. The van der Waals surface area contributed by atoms with Crippen molar-refractivity contribution in [2.24, 2.45) is 0 Å². The van der Waals surface area contributed by atoms with Crippen LogP contribution in [-0.2, 0) is 16.1 Å². The Kier molecular flexibility index (Phi) is 4.80. The summed E-state index contributed by atoms with van der Waals surface area (Å²) in [5.41, 5.74) is 0.983. The van der Waals surface area contributed by atoms with Gasteiger partial charge in [-0.2, -0.15) is 0 Å². The van der Waals surface area contributed by atoms with E-state index in [2.05, 4.69) is 15.5 Å². The second kappa shape index (κ2) is 7.17. The zero-order chi connectivity index (χ0) is 15.2. The van der Waals surface area contributed by atoms with Crippen molar-refractivity contribution in [3.63, 3.8) is 0 Å². The number of nitrogens with one attached hydrogen (secondary N) is 1. The molecule has 116 valence electrons. The Bertz CT molecular complexity index is 606. The predicted octanol–water partition coefficient (Wildman–Crippen LogP) is 1.84. The molecular formula is C16H20N4O2. The van der Waals surface area contributed by atoms with Gasteiger partial charge in [-0.25, -0.2) is 0 Å². The molecule has 1 atom stereocenters. The molecule has 3 rings (SSSR count). The number of ether oxygens (including phenoxy) is 1. The number of aromatic nitrogens is 3. The van der Waals surface area contributed by atoms with Crippen LogP contribution in [-0.4, -0.2) is 33.4 Å². The van der Waals surface area contributed by atoms with Crippen LogP contribution >= 0.6 is 0 Å². The van der Waals surface area contributed by atoms with E-state index in [1.54, 1.807) is 6.33 Å². The van der Waals surface area contributed by atoms with Crippen molar-refractivity contribution in [1.82, 2.24) is 20.1 Å². The van der Waals surface area contributed by atoms with E-state index in [0.29, 0.717) is 13.0 Å². The van der Waals surface area contributed by atoms with Crippen molar-refractivity contribution < 1.29 is 9.53 Å². The molecule has 1 aliphatic rings. The first kappa shape index (κ1) is 14.7. The van der Waals surface area contributed by atoms with E-state index in [0.717, 1.165) is 37.4 Å². The predicted molar refractivity (Wildman–Crippen MR) is 81.4 cm³/mol. The van der Waals surface area contributed by atoms with Gasteiger partial charge in [0.05, 0.1) is 12.6 Å². The number of hydrogen-bond acceptors (Lipinski definition) is 4. The molecule has 6 nitrogen and oxygen atoms in total. The third-order valence-corrected chi connectivity index (χ3v) is 3.81. The van der Waals surface area contributed by atoms with Gasteiger partial charge >= 0.3 is 0 Å². The number of amides is 1. The third-order valence-electron chi connectivity index (χ3n) is 3.81. The molecule has 1 aliphatic heterocycles. The summed E-state index contributed by atoms with van der Waals surface area (Å²) in [5.74, 6) is 0.745. The highest BCUT2D eigenvalue weighted by Gasteiger charge is 2.16. The van der Waals surface area contributed by atoms with E-state index in [4.69, 9.17) is 4.74 Å². The summed E-state index contributed by atoms with van der Waals surface area (Å²) in [7, 11) is 0. The molecule has 6 heteroatoms. The van der Waals surface area contributed by atoms with Gasteiger partial charge in [-0.1, -0.05) is 18.2 Å². The zero-order valence-corrected chi connectivity index (χ0v) is 12.4. The minimum absolute atomic E-state index is 0.0260. The van der Waals surface area contributed by atoms with Crippen molar-refractivity contribution in [3.8, 4) is 5.69 Å². The van der Waals surface area contributed by atoms with Gasteiger partial charge < -0.3 is 10.1 Å². The van der Waals surface area contributed by atoms with Crippen molar-refractivity contribution >= 4 is 5.91 Å². The maximum Gasteiger partial charge on any atom is 0.220 e. The summed E-state index contributed by atoms with van der Waals surface area (Å²) < 4.78 is 7.40. The van der Waals surface area contributed by atoms with Crippen LogP contribution in [0.5, 0.6) is 0 Å². The van der Waals surface area contributed by atoms with Gasteiger partial charge in [-0.05, 0) is 31.4 Å². The lowest BCUT2D eigenvalue weighted by Gasteiger charge is -2.10. The fourth-order valence-corrected chi connectivity index (χ4v) is 2.61. The summed E-state index contributed by atoms with van der Waals surface area (Å²) in [4.78, 5) is 11.9. The molecule has 0 saturated carbocycles. The molecule has 1 unspecified atom stereocenters. The molecule has 1 aromatic heterocycles. The summed E-state index contributed by atoms with van der Waals surface area (Å²) in [6, 6.07) is 9.83. The molecule has 2 aromatic rings. The van der Waals surface area contributed by atoms with E-state index in [9.17, 15) is 4.79 Å². The molecule has 1 fully saturated rings. The normalized spacial score (nSPS) is 17.5. The van der Waals surface area contributed by atoms with Gasteiger partial charge in [0.2, 0.25) is 5.91 Å². The number of para-hydroxylation sites is 1. The Morgan fingerprint density at radius 3 is 3.00 bits per heavy atom. The average Bonchev–Trinajstić information content (AvgIpc) is 3.23. The molecule has 0 bridgehead atoms. The molecule has 1 saturated heterocycles. The molecule has 0 spiro atoms. The van der Waals surface area contributed by atoms with Gasteiger partial charge in [0, 0.05) is 18.7 Å². The van der Waals surface area contributed by atoms with Crippen LogP contribution < -0.4 is 5.32 Å². The highest BCUT2D eigenvalue weighted by molar-refractivity contribution is 5.75. The summed E-state index contributed by atoms with van der Waals surface area (Å²) >= 11 is 0. The van der Waals surface area contributed by atoms with Crippen molar-refractivity contribution in [1.29, 1.82) is 0 Å². The number of rotatable bonds is 6. The number of hydrogen-bond donors (Lipinski definition) is 1. The number of nitrogens with zero attached hydrogens (tertiary/aromatic N) is 3. The van der Waals surface area contributed by atoms with Gasteiger partial charge in [0.15, 0.2) is 5.82 Å². The minimum atomic E-state index is 0.0260. The fraction of sp³-hybridized carbons (Fsp3) is 0.438. The van der Waals surface area contributed by atoms with Gasteiger partial charge in [-0.15, -0.1) is 10.2 Å². The van der Waals surface area contributed by atoms with E-state index >= 15 is 0 Å². The lowest BCUT2D eigenvalue weighted by Crippen LogP contribution is -2.25. The number of carbonyl (C=O) groups excluding carboxylic acids is 1. The molecule has 1 N–H and O–H groups in total. The first-order valence-electron chi connectivity index (χ1n) is 7.65. The molecule has 22 heavy (non-hydrogen) atoms. The fourth-order valence-electron chi connectivity index (χ4n) is 2.61. The minimum Gasteiger partial charge on any atom is -0.378 e. The Hall–Kier alpha value is -2.21. The van der Waals surface area contributed by atoms with Crippen molar-refractivity contribution in [2.75, 3.05) is 6.61 Å². The summed E-state index contributed by atoms with van der Waals surface area (Å²) in [6.45, 7) is 1.20. The highest BCUT2D eigenvalue weighted by Crippen LogP contribution is 2.16. The number of benzene rings is 1. The zero-order valence-electron chi connectivity index (χ0n) is 12.4. The Morgan fingerprint density at radius 1 is 1.36 bits per heavy atom. The van der Waals surface area contributed by atoms with Crippen molar-refractivity contribution in [3.05, 3.63) is 42.5 Å². The van der Waals surface area contributed by atoms with Gasteiger partial charge in [-0.3, -0.25) is 9.36 Å². The topological polar surface area (TPSA) is 69.0 Å². The quantitative estimate of drug-likeness (QED) is 0.884. The second-order valence-electron chi connectivity index (χ2n) is 5.40. The Balaban J connectivity index is 1.51. The lowest BCUT2D eigenvalue weighted by molar-refractivity contribution is -0.121. The second-order valence-corrected chi connectivity index (χ2v) is 5.40. The van der Waals surface area contributed by atoms with Crippen LogP contribution in [0, 0.1) is 0 Å². The number of carbonyl (C=O) groups is 1.